The third kappa shape index (κ3) is 4.02. The standard InChI is InChI=1S/C13H22N2O2S/c1-14-7-13-15-10(9-18-13)8-17-12-5-3-4-11(6-12)16-2/h9,11-12,14H,3-8H2,1-2H3. The van der Waals surface area contributed by atoms with Gasteiger partial charge in [-0.15, -0.1) is 11.3 Å². The molecule has 0 saturated heterocycles. The Balaban J connectivity index is 1.76. The van der Waals surface area contributed by atoms with Crippen LogP contribution in [0.5, 0.6) is 0 Å². The molecule has 0 aromatic carbocycles. The van der Waals surface area contributed by atoms with Crippen LogP contribution in [0.25, 0.3) is 0 Å². The summed E-state index contributed by atoms with van der Waals surface area (Å²) in [7, 11) is 3.72. The zero-order chi connectivity index (χ0) is 12.8. The van der Waals surface area contributed by atoms with Crippen molar-refractivity contribution in [2.75, 3.05) is 14.2 Å². The fourth-order valence-electron chi connectivity index (χ4n) is 2.32. The Hall–Kier alpha value is -0.490. The third-order valence-electron chi connectivity index (χ3n) is 3.31. The van der Waals surface area contributed by atoms with E-state index in [-0.39, 0.29) is 0 Å². The molecule has 2 atom stereocenters. The molecule has 1 aromatic heterocycles. The van der Waals surface area contributed by atoms with Crippen LogP contribution in [-0.4, -0.2) is 31.3 Å². The molecule has 1 fully saturated rings. The van der Waals surface area contributed by atoms with Gasteiger partial charge in [0.25, 0.3) is 0 Å². The maximum atomic E-state index is 5.94. The minimum absolute atomic E-state index is 0.332. The minimum atomic E-state index is 0.332. The molecular formula is C13H22N2O2S. The lowest BCUT2D eigenvalue weighted by atomic mass is 9.95. The van der Waals surface area contributed by atoms with E-state index in [2.05, 4.69) is 15.7 Å². The Kier molecular flexibility index (Phi) is 5.56. The first-order chi connectivity index (χ1) is 8.81. The molecule has 1 heterocycles. The van der Waals surface area contributed by atoms with Crippen LogP contribution in [0.2, 0.25) is 0 Å². The normalized spacial score (nSPS) is 24.3. The zero-order valence-electron chi connectivity index (χ0n) is 11.1. The SMILES string of the molecule is CNCc1nc(COC2CCCC(OC)C2)cs1. The van der Waals surface area contributed by atoms with E-state index in [9.17, 15) is 0 Å². The predicted octanol–water partition coefficient (Wildman–Crippen LogP) is 2.34. The molecule has 4 nitrogen and oxygen atoms in total. The largest absolute Gasteiger partial charge is 0.381 e. The van der Waals surface area contributed by atoms with Gasteiger partial charge in [0.1, 0.15) is 5.01 Å². The summed E-state index contributed by atoms with van der Waals surface area (Å²) in [4.78, 5) is 4.52. The second-order valence-corrected chi connectivity index (χ2v) is 5.66. The number of rotatable bonds is 6. The van der Waals surface area contributed by atoms with Gasteiger partial charge in [-0.05, 0) is 32.7 Å². The highest BCUT2D eigenvalue weighted by Crippen LogP contribution is 2.24. The van der Waals surface area contributed by atoms with E-state index in [4.69, 9.17) is 9.47 Å². The van der Waals surface area contributed by atoms with Crippen LogP contribution in [0.15, 0.2) is 5.38 Å². The van der Waals surface area contributed by atoms with Crippen molar-refractivity contribution >= 4 is 11.3 Å². The van der Waals surface area contributed by atoms with Gasteiger partial charge < -0.3 is 14.8 Å². The van der Waals surface area contributed by atoms with Gasteiger partial charge in [-0.25, -0.2) is 4.98 Å². The topological polar surface area (TPSA) is 43.4 Å². The number of ether oxygens (including phenoxy) is 2. The lowest BCUT2D eigenvalue weighted by Gasteiger charge is -2.27. The molecule has 1 saturated carbocycles. The van der Waals surface area contributed by atoms with Crippen LogP contribution in [0.3, 0.4) is 0 Å². The van der Waals surface area contributed by atoms with E-state index in [1.54, 1.807) is 18.4 Å². The Morgan fingerprint density at radius 2 is 2.28 bits per heavy atom. The Morgan fingerprint density at radius 1 is 1.44 bits per heavy atom. The van der Waals surface area contributed by atoms with Crippen LogP contribution in [0.1, 0.15) is 36.4 Å². The van der Waals surface area contributed by atoms with Gasteiger partial charge in [-0.1, -0.05) is 0 Å². The summed E-state index contributed by atoms with van der Waals surface area (Å²) in [6.45, 7) is 1.46. The molecule has 1 aliphatic carbocycles. The second-order valence-electron chi connectivity index (χ2n) is 4.72. The van der Waals surface area contributed by atoms with Crippen molar-refractivity contribution in [1.29, 1.82) is 0 Å². The summed E-state index contributed by atoms with van der Waals surface area (Å²) in [5, 5.41) is 6.31. The van der Waals surface area contributed by atoms with Crippen LogP contribution < -0.4 is 5.32 Å². The number of hydrogen-bond acceptors (Lipinski definition) is 5. The van der Waals surface area contributed by atoms with Crippen LogP contribution in [-0.2, 0) is 22.6 Å². The van der Waals surface area contributed by atoms with Gasteiger partial charge in [0, 0.05) is 19.0 Å². The van der Waals surface area contributed by atoms with E-state index in [0.717, 1.165) is 30.1 Å². The van der Waals surface area contributed by atoms with Gasteiger partial charge in [0.15, 0.2) is 0 Å². The Bertz CT molecular complexity index is 357. The maximum Gasteiger partial charge on any atom is 0.107 e. The third-order valence-corrected chi connectivity index (χ3v) is 4.20. The fourth-order valence-corrected chi connectivity index (χ4v) is 3.11. The lowest BCUT2D eigenvalue weighted by Crippen LogP contribution is -2.27. The summed E-state index contributed by atoms with van der Waals surface area (Å²) in [6, 6.07) is 0. The molecule has 0 aliphatic heterocycles. The first-order valence-corrected chi connectivity index (χ1v) is 7.42. The molecule has 102 valence electrons. The highest BCUT2D eigenvalue weighted by molar-refractivity contribution is 7.09. The van der Waals surface area contributed by atoms with E-state index in [0.29, 0.717) is 18.8 Å². The van der Waals surface area contributed by atoms with Gasteiger partial charge >= 0.3 is 0 Å². The zero-order valence-corrected chi connectivity index (χ0v) is 12.0. The highest BCUT2D eigenvalue weighted by atomic mass is 32.1. The monoisotopic (exact) mass is 270 g/mol. The quantitative estimate of drug-likeness (QED) is 0.861. The molecule has 0 amide bonds. The van der Waals surface area contributed by atoms with Crippen molar-refractivity contribution in [2.45, 2.75) is 51.0 Å². The van der Waals surface area contributed by atoms with Crippen LogP contribution in [0, 0.1) is 0 Å². The average molecular weight is 270 g/mol. The van der Waals surface area contributed by atoms with Crippen molar-refractivity contribution < 1.29 is 9.47 Å². The van der Waals surface area contributed by atoms with Gasteiger partial charge in [-0.2, -0.15) is 0 Å². The Labute approximate surface area is 113 Å². The molecule has 0 radical (unpaired) electrons. The van der Waals surface area contributed by atoms with E-state index >= 15 is 0 Å². The van der Waals surface area contributed by atoms with Crippen LogP contribution in [0.4, 0.5) is 0 Å². The molecule has 5 heteroatoms. The molecule has 18 heavy (non-hydrogen) atoms. The first-order valence-electron chi connectivity index (χ1n) is 6.54. The molecule has 2 unspecified atom stereocenters. The highest BCUT2D eigenvalue weighted by Gasteiger charge is 2.22. The van der Waals surface area contributed by atoms with Crippen LogP contribution >= 0.6 is 11.3 Å². The lowest BCUT2D eigenvalue weighted by molar-refractivity contribution is -0.0371. The van der Waals surface area contributed by atoms with Gasteiger partial charge in [0.2, 0.25) is 0 Å². The number of methoxy groups -OCH3 is 1. The van der Waals surface area contributed by atoms with E-state index in [1.165, 1.54) is 12.8 Å². The van der Waals surface area contributed by atoms with Crippen molar-refractivity contribution in [3.63, 3.8) is 0 Å². The molecule has 1 aromatic rings. The number of hydrogen-bond donors (Lipinski definition) is 1. The smallest absolute Gasteiger partial charge is 0.107 e. The molecule has 1 aliphatic rings. The minimum Gasteiger partial charge on any atom is -0.381 e. The first kappa shape index (κ1) is 13.9. The Morgan fingerprint density at radius 3 is 3.06 bits per heavy atom. The van der Waals surface area contributed by atoms with Crippen molar-refractivity contribution in [1.82, 2.24) is 10.3 Å². The fraction of sp³-hybridized carbons (Fsp3) is 0.769. The van der Waals surface area contributed by atoms with Gasteiger partial charge in [0.05, 0.1) is 24.5 Å². The van der Waals surface area contributed by atoms with Crippen molar-refractivity contribution in [3.8, 4) is 0 Å². The number of nitrogens with zero attached hydrogens (tertiary/aromatic N) is 1. The predicted molar refractivity (Wildman–Crippen MR) is 72.7 cm³/mol. The summed E-state index contributed by atoms with van der Waals surface area (Å²) >= 11 is 1.69. The van der Waals surface area contributed by atoms with Crippen molar-refractivity contribution in [3.05, 3.63) is 16.1 Å². The number of thiazole rings is 1. The second kappa shape index (κ2) is 7.19. The summed E-state index contributed by atoms with van der Waals surface area (Å²) in [5.41, 5.74) is 1.05. The molecule has 2 rings (SSSR count). The summed E-state index contributed by atoms with van der Waals surface area (Å²) in [6.07, 6.45) is 5.24. The number of nitrogens with one attached hydrogen (secondary N) is 1. The summed E-state index contributed by atoms with van der Waals surface area (Å²) in [5.74, 6) is 0. The van der Waals surface area contributed by atoms with E-state index < -0.39 is 0 Å². The van der Waals surface area contributed by atoms with Gasteiger partial charge in [-0.3, -0.25) is 0 Å². The number of aromatic nitrogens is 1. The average Bonchev–Trinajstić information content (AvgIpc) is 2.85. The molecule has 0 spiro atoms. The van der Waals surface area contributed by atoms with Crippen molar-refractivity contribution in [2.24, 2.45) is 0 Å². The molecular weight excluding hydrogens is 248 g/mol. The maximum absolute atomic E-state index is 5.94. The molecule has 1 N–H and O–H groups in total. The summed E-state index contributed by atoms with van der Waals surface area (Å²) < 4.78 is 11.3. The van der Waals surface area contributed by atoms with E-state index in [1.807, 2.05) is 7.05 Å². The molecule has 0 bridgehead atoms.